The van der Waals surface area contributed by atoms with Gasteiger partial charge in [0, 0.05) is 12.1 Å². The number of carbonyl (C=O) groups excluding carboxylic acids is 2. The maximum absolute atomic E-state index is 13.4. The topological polar surface area (TPSA) is 76.1 Å². The second-order valence-corrected chi connectivity index (χ2v) is 9.88. The lowest BCUT2D eigenvalue weighted by molar-refractivity contribution is -0.140. The average molecular weight is 540 g/mol. The maximum atomic E-state index is 13.4. The molecule has 192 valence electrons. The zero-order chi connectivity index (χ0) is 26.9. The van der Waals surface area contributed by atoms with Crippen LogP contribution >= 0.6 is 23.2 Å². The number of methoxy groups -OCH3 is 2. The SMILES string of the molecule is COc1ccc(CN2C(=O)C(=O)/C(=C(/O)c3cc(Cl)c(OC)c(Cl)c3)C2c2ccc(C(C)C)cc2)cc1. The van der Waals surface area contributed by atoms with Crippen LogP contribution in [0.4, 0.5) is 0 Å². The van der Waals surface area contributed by atoms with Crippen molar-refractivity contribution in [3.63, 3.8) is 0 Å². The molecule has 0 aliphatic carbocycles. The van der Waals surface area contributed by atoms with Gasteiger partial charge in [0.25, 0.3) is 11.7 Å². The van der Waals surface area contributed by atoms with Crippen molar-refractivity contribution in [3.8, 4) is 11.5 Å². The van der Waals surface area contributed by atoms with Gasteiger partial charge in [-0.1, -0.05) is 73.4 Å². The number of hydrogen-bond donors (Lipinski definition) is 1. The quantitative estimate of drug-likeness (QED) is 0.204. The minimum absolute atomic E-state index is 0.0342. The van der Waals surface area contributed by atoms with Crippen molar-refractivity contribution in [1.29, 1.82) is 0 Å². The third-order valence-corrected chi connectivity index (χ3v) is 7.01. The van der Waals surface area contributed by atoms with Crippen LogP contribution < -0.4 is 9.47 Å². The molecule has 0 saturated carbocycles. The molecule has 0 aromatic heterocycles. The van der Waals surface area contributed by atoms with Crippen LogP contribution in [0.25, 0.3) is 5.76 Å². The Morgan fingerprint density at radius 1 is 0.946 bits per heavy atom. The number of nitrogens with zero attached hydrogens (tertiary/aromatic N) is 1. The van der Waals surface area contributed by atoms with Crippen molar-refractivity contribution in [2.75, 3.05) is 14.2 Å². The van der Waals surface area contributed by atoms with Gasteiger partial charge in [-0.25, -0.2) is 0 Å². The lowest BCUT2D eigenvalue weighted by atomic mass is 9.93. The van der Waals surface area contributed by atoms with E-state index in [1.165, 1.54) is 24.1 Å². The molecule has 0 radical (unpaired) electrons. The summed E-state index contributed by atoms with van der Waals surface area (Å²) in [4.78, 5) is 28.1. The van der Waals surface area contributed by atoms with Crippen LogP contribution in [0.2, 0.25) is 10.0 Å². The number of rotatable bonds is 7. The number of likely N-dealkylation sites (tertiary alicyclic amines) is 1. The highest BCUT2D eigenvalue weighted by molar-refractivity contribution is 6.46. The Morgan fingerprint density at radius 2 is 1.54 bits per heavy atom. The summed E-state index contributed by atoms with van der Waals surface area (Å²) in [5.41, 5.74) is 2.80. The molecule has 1 aliphatic rings. The fourth-order valence-electron chi connectivity index (χ4n) is 4.43. The molecule has 1 amide bonds. The lowest BCUT2D eigenvalue weighted by Crippen LogP contribution is -2.29. The van der Waals surface area contributed by atoms with Crippen LogP contribution in [-0.4, -0.2) is 35.9 Å². The smallest absolute Gasteiger partial charge is 0.295 e. The third-order valence-electron chi connectivity index (χ3n) is 6.45. The summed E-state index contributed by atoms with van der Waals surface area (Å²) in [5, 5.41) is 11.7. The van der Waals surface area contributed by atoms with Crippen LogP contribution in [-0.2, 0) is 16.1 Å². The number of hydrogen-bond acceptors (Lipinski definition) is 5. The van der Waals surface area contributed by atoms with E-state index in [2.05, 4.69) is 13.8 Å². The summed E-state index contributed by atoms with van der Waals surface area (Å²) in [6.45, 7) is 4.33. The van der Waals surface area contributed by atoms with Crippen molar-refractivity contribution in [2.45, 2.75) is 32.4 Å². The second kappa shape index (κ2) is 10.9. The number of ether oxygens (including phenoxy) is 2. The Kier molecular flexibility index (Phi) is 7.81. The van der Waals surface area contributed by atoms with E-state index in [4.69, 9.17) is 32.7 Å². The zero-order valence-corrected chi connectivity index (χ0v) is 22.4. The van der Waals surface area contributed by atoms with Gasteiger partial charge in [0.15, 0.2) is 5.75 Å². The summed E-state index contributed by atoms with van der Waals surface area (Å²) >= 11 is 12.6. The standard InChI is InChI=1S/C29H27Cl2NO5/c1-16(2)18-7-9-19(10-8-18)25-24(26(33)20-13-22(30)28(37-4)23(31)14-20)27(34)29(35)32(25)15-17-5-11-21(36-3)12-6-17/h5-14,16,25,33H,15H2,1-4H3/b26-24+. The highest BCUT2D eigenvalue weighted by atomic mass is 35.5. The van der Waals surface area contributed by atoms with Crippen LogP contribution in [0.5, 0.6) is 11.5 Å². The van der Waals surface area contributed by atoms with Gasteiger partial charge in [0.2, 0.25) is 0 Å². The van der Waals surface area contributed by atoms with Crippen LogP contribution in [0.15, 0.2) is 66.2 Å². The monoisotopic (exact) mass is 539 g/mol. The predicted molar refractivity (Wildman–Crippen MR) is 144 cm³/mol. The Labute approximate surface area is 226 Å². The molecule has 8 heteroatoms. The minimum atomic E-state index is -0.817. The Bertz CT molecular complexity index is 1340. The molecular formula is C29H27Cl2NO5. The molecule has 1 aliphatic heterocycles. The molecule has 1 unspecified atom stereocenters. The van der Waals surface area contributed by atoms with Crippen molar-refractivity contribution in [3.05, 3.63) is 98.5 Å². The van der Waals surface area contributed by atoms with Gasteiger partial charge >= 0.3 is 0 Å². The number of ketones is 1. The molecule has 0 bridgehead atoms. The molecule has 1 fully saturated rings. The van der Waals surface area contributed by atoms with Gasteiger partial charge in [-0.3, -0.25) is 9.59 Å². The molecular weight excluding hydrogens is 513 g/mol. The molecule has 3 aromatic carbocycles. The molecule has 1 heterocycles. The van der Waals surface area contributed by atoms with Crippen LogP contribution in [0.3, 0.4) is 0 Å². The van der Waals surface area contributed by atoms with Gasteiger partial charge < -0.3 is 19.5 Å². The molecule has 0 spiro atoms. The van der Waals surface area contributed by atoms with Crippen molar-refractivity contribution >= 4 is 40.7 Å². The molecule has 4 rings (SSSR count). The number of halogens is 2. The van der Waals surface area contributed by atoms with E-state index in [-0.39, 0.29) is 39.2 Å². The summed E-state index contributed by atoms with van der Waals surface area (Å²) < 4.78 is 10.4. The van der Waals surface area contributed by atoms with E-state index in [9.17, 15) is 14.7 Å². The van der Waals surface area contributed by atoms with E-state index in [0.717, 1.165) is 11.1 Å². The fraction of sp³-hybridized carbons (Fsp3) is 0.241. The van der Waals surface area contributed by atoms with Gasteiger partial charge in [-0.15, -0.1) is 0 Å². The second-order valence-electron chi connectivity index (χ2n) is 9.07. The van der Waals surface area contributed by atoms with Crippen molar-refractivity contribution in [2.24, 2.45) is 0 Å². The van der Waals surface area contributed by atoms with Gasteiger partial charge in [0.05, 0.1) is 35.9 Å². The number of aliphatic hydroxyl groups excluding tert-OH is 1. The van der Waals surface area contributed by atoms with E-state index < -0.39 is 17.7 Å². The van der Waals surface area contributed by atoms with Crippen LogP contribution in [0.1, 0.15) is 48.1 Å². The largest absolute Gasteiger partial charge is 0.507 e. The van der Waals surface area contributed by atoms with E-state index in [1.807, 2.05) is 36.4 Å². The van der Waals surface area contributed by atoms with Crippen LogP contribution in [0, 0.1) is 0 Å². The molecule has 1 N–H and O–H groups in total. The third kappa shape index (κ3) is 5.17. The molecule has 37 heavy (non-hydrogen) atoms. The molecule has 3 aromatic rings. The number of amides is 1. The normalized spacial score (nSPS) is 16.9. The highest BCUT2D eigenvalue weighted by Gasteiger charge is 2.46. The Morgan fingerprint density at radius 3 is 2.05 bits per heavy atom. The first-order valence-corrected chi connectivity index (χ1v) is 12.5. The summed E-state index contributed by atoms with van der Waals surface area (Å²) in [5.74, 6) is -0.614. The molecule has 1 saturated heterocycles. The number of benzene rings is 3. The maximum Gasteiger partial charge on any atom is 0.295 e. The number of carbonyl (C=O) groups is 2. The zero-order valence-electron chi connectivity index (χ0n) is 20.9. The first kappa shape index (κ1) is 26.6. The first-order valence-electron chi connectivity index (χ1n) is 11.7. The van der Waals surface area contributed by atoms with Crippen molar-refractivity contribution < 1.29 is 24.2 Å². The Hall–Kier alpha value is -3.48. The van der Waals surface area contributed by atoms with Crippen molar-refractivity contribution in [1.82, 2.24) is 4.90 Å². The highest BCUT2D eigenvalue weighted by Crippen LogP contribution is 2.42. The molecule has 6 nitrogen and oxygen atoms in total. The summed E-state index contributed by atoms with van der Waals surface area (Å²) in [6.07, 6.45) is 0. The van der Waals surface area contributed by atoms with Gasteiger partial charge in [-0.2, -0.15) is 0 Å². The van der Waals surface area contributed by atoms with Gasteiger partial charge in [-0.05, 0) is 46.9 Å². The summed E-state index contributed by atoms with van der Waals surface area (Å²) in [7, 11) is 3.00. The van der Waals surface area contributed by atoms with E-state index in [1.54, 1.807) is 19.2 Å². The van der Waals surface area contributed by atoms with E-state index >= 15 is 0 Å². The predicted octanol–water partition coefficient (Wildman–Crippen LogP) is 6.76. The van der Waals surface area contributed by atoms with E-state index in [0.29, 0.717) is 17.2 Å². The number of aliphatic hydroxyl groups is 1. The van der Waals surface area contributed by atoms with Gasteiger partial charge in [0.1, 0.15) is 11.5 Å². The first-order chi connectivity index (χ1) is 17.7. The summed E-state index contributed by atoms with van der Waals surface area (Å²) in [6, 6.07) is 17.0. The average Bonchev–Trinajstić information content (AvgIpc) is 3.13. The fourth-order valence-corrected chi connectivity index (χ4v) is 5.07. The molecule has 1 atom stereocenters. The lowest BCUT2D eigenvalue weighted by Gasteiger charge is -2.26. The Balaban J connectivity index is 1.86. The minimum Gasteiger partial charge on any atom is -0.507 e. The number of Topliss-reactive ketones (excluding diaryl/α,β-unsaturated/α-hetero) is 1.